The Morgan fingerprint density at radius 3 is 2.42 bits per heavy atom. The first-order valence-electron chi connectivity index (χ1n) is 8.83. The van der Waals surface area contributed by atoms with Gasteiger partial charge < -0.3 is 10.2 Å². The van der Waals surface area contributed by atoms with Crippen molar-refractivity contribution in [2.45, 2.75) is 46.0 Å². The van der Waals surface area contributed by atoms with Gasteiger partial charge in [-0.05, 0) is 51.0 Å². The van der Waals surface area contributed by atoms with E-state index in [9.17, 15) is 4.79 Å². The molecule has 1 aromatic carbocycles. The van der Waals surface area contributed by atoms with Crippen molar-refractivity contribution in [3.05, 3.63) is 41.7 Å². The number of hydrogen-bond donors (Lipinski definition) is 1. The molecule has 0 spiro atoms. The second-order valence-electron chi connectivity index (χ2n) is 6.57. The van der Waals surface area contributed by atoms with E-state index in [-0.39, 0.29) is 6.03 Å². The van der Waals surface area contributed by atoms with Gasteiger partial charge in [-0.1, -0.05) is 25.3 Å². The Kier molecular flexibility index (Phi) is 5.18. The Labute approximate surface area is 143 Å². The van der Waals surface area contributed by atoms with E-state index in [1.807, 2.05) is 53.8 Å². The van der Waals surface area contributed by atoms with Crippen LogP contribution < -0.4 is 5.32 Å². The largest absolute Gasteiger partial charge is 0.325 e. The Morgan fingerprint density at radius 1 is 1.04 bits per heavy atom. The quantitative estimate of drug-likeness (QED) is 0.895. The van der Waals surface area contributed by atoms with Crippen LogP contribution in [0.4, 0.5) is 10.5 Å². The fraction of sp³-hybridized carbons (Fsp3) is 0.474. The summed E-state index contributed by atoms with van der Waals surface area (Å²) in [7, 11) is 0. The molecule has 1 N–H and O–H groups in total. The van der Waals surface area contributed by atoms with Crippen LogP contribution in [0.5, 0.6) is 0 Å². The second-order valence-corrected chi connectivity index (χ2v) is 6.57. The van der Waals surface area contributed by atoms with Crippen LogP contribution in [0.15, 0.2) is 30.3 Å². The number of likely N-dealkylation sites (tertiary alicyclic amines) is 1. The number of hydrogen-bond acceptors (Lipinski definition) is 2. The molecule has 1 saturated heterocycles. The van der Waals surface area contributed by atoms with Crippen molar-refractivity contribution in [1.82, 2.24) is 14.7 Å². The van der Waals surface area contributed by atoms with E-state index in [0.29, 0.717) is 0 Å². The molecule has 1 aromatic heterocycles. The summed E-state index contributed by atoms with van der Waals surface area (Å²) in [4.78, 5) is 14.5. The van der Waals surface area contributed by atoms with Gasteiger partial charge in [0.15, 0.2) is 0 Å². The summed E-state index contributed by atoms with van der Waals surface area (Å²) in [5.41, 5.74) is 3.85. The minimum atomic E-state index is 0.00224. The van der Waals surface area contributed by atoms with Crippen molar-refractivity contribution >= 4 is 11.7 Å². The van der Waals surface area contributed by atoms with E-state index < -0.39 is 0 Å². The summed E-state index contributed by atoms with van der Waals surface area (Å²) in [5.74, 6) is 0. The zero-order valence-corrected chi connectivity index (χ0v) is 14.6. The van der Waals surface area contributed by atoms with Crippen molar-refractivity contribution < 1.29 is 4.79 Å². The van der Waals surface area contributed by atoms with Gasteiger partial charge in [-0.2, -0.15) is 5.10 Å². The van der Waals surface area contributed by atoms with Crippen molar-refractivity contribution in [2.75, 3.05) is 18.4 Å². The van der Waals surface area contributed by atoms with Gasteiger partial charge in [-0.15, -0.1) is 0 Å². The van der Waals surface area contributed by atoms with E-state index in [2.05, 4.69) is 10.4 Å². The van der Waals surface area contributed by atoms with E-state index in [1.54, 1.807) is 0 Å². The van der Waals surface area contributed by atoms with Gasteiger partial charge in [-0.25, -0.2) is 9.48 Å². The summed E-state index contributed by atoms with van der Waals surface area (Å²) < 4.78 is 1.90. The normalized spacial score (nSPS) is 15.7. The van der Waals surface area contributed by atoms with Gasteiger partial charge in [0.1, 0.15) is 0 Å². The van der Waals surface area contributed by atoms with Crippen LogP contribution in [0.1, 0.15) is 43.5 Å². The zero-order chi connectivity index (χ0) is 16.9. The summed E-state index contributed by atoms with van der Waals surface area (Å²) >= 11 is 0. The molecule has 2 aromatic rings. The van der Waals surface area contributed by atoms with E-state index in [4.69, 9.17) is 0 Å². The van der Waals surface area contributed by atoms with Crippen molar-refractivity contribution in [3.63, 3.8) is 0 Å². The van der Waals surface area contributed by atoms with E-state index in [0.717, 1.165) is 48.7 Å². The highest BCUT2D eigenvalue weighted by atomic mass is 16.2. The summed E-state index contributed by atoms with van der Waals surface area (Å²) in [6.07, 6.45) is 5.92. The molecule has 0 bridgehead atoms. The topological polar surface area (TPSA) is 50.2 Å². The number of carbonyl (C=O) groups is 1. The summed E-state index contributed by atoms with van der Waals surface area (Å²) in [6, 6.07) is 9.91. The number of aryl methyl sites for hydroxylation is 2. The number of urea groups is 1. The van der Waals surface area contributed by atoms with E-state index in [1.165, 1.54) is 19.3 Å². The molecular weight excluding hydrogens is 300 g/mol. The summed E-state index contributed by atoms with van der Waals surface area (Å²) in [6.45, 7) is 5.72. The molecule has 2 amide bonds. The highest BCUT2D eigenvalue weighted by molar-refractivity contribution is 5.89. The third kappa shape index (κ3) is 3.96. The molecule has 0 unspecified atom stereocenters. The number of amides is 2. The average Bonchev–Trinajstić information content (AvgIpc) is 2.85. The molecule has 0 atom stereocenters. The molecule has 128 valence electrons. The maximum absolute atomic E-state index is 12.5. The highest BCUT2D eigenvalue weighted by Gasteiger charge is 2.15. The number of nitrogens with zero attached hydrogens (tertiary/aromatic N) is 3. The third-order valence-electron chi connectivity index (χ3n) is 4.49. The maximum atomic E-state index is 12.5. The Bertz CT molecular complexity index is 699. The Morgan fingerprint density at radius 2 is 1.75 bits per heavy atom. The van der Waals surface area contributed by atoms with Crippen LogP contribution >= 0.6 is 0 Å². The molecule has 1 fully saturated rings. The number of aromatic nitrogens is 2. The lowest BCUT2D eigenvalue weighted by Gasteiger charge is -2.25. The Balaban J connectivity index is 1.72. The zero-order valence-electron chi connectivity index (χ0n) is 14.6. The molecule has 3 rings (SSSR count). The van der Waals surface area contributed by atoms with Gasteiger partial charge in [0, 0.05) is 24.5 Å². The molecule has 24 heavy (non-hydrogen) atoms. The minimum Gasteiger partial charge on any atom is -0.325 e. The van der Waals surface area contributed by atoms with Gasteiger partial charge >= 0.3 is 6.03 Å². The third-order valence-corrected chi connectivity index (χ3v) is 4.49. The standard InChI is InChI=1S/C19H26N4O/c1-15-13-16(2)23(21-15)18-10-8-9-17(14-18)20-19(24)22-11-6-4-3-5-7-12-22/h8-10,13-14H,3-7,11-12H2,1-2H3,(H,20,24). The molecule has 2 heterocycles. The van der Waals surface area contributed by atoms with Crippen LogP contribution in [0.25, 0.3) is 5.69 Å². The number of carbonyl (C=O) groups excluding carboxylic acids is 1. The number of rotatable bonds is 2. The van der Waals surface area contributed by atoms with Gasteiger partial charge in [0.2, 0.25) is 0 Å². The van der Waals surface area contributed by atoms with Crippen LogP contribution in [0.3, 0.4) is 0 Å². The maximum Gasteiger partial charge on any atom is 0.321 e. The predicted octanol–water partition coefficient (Wildman–Crippen LogP) is 4.29. The second kappa shape index (κ2) is 7.51. The average molecular weight is 326 g/mol. The fourth-order valence-corrected chi connectivity index (χ4v) is 3.26. The van der Waals surface area contributed by atoms with Gasteiger partial charge in [0.05, 0.1) is 11.4 Å². The van der Waals surface area contributed by atoms with Crippen molar-refractivity contribution in [1.29, 1.82) is 0 Å². The molecule has 5 nitrogen and oxygen atoms in total. The van der Waals surface area contributed by atoms with Crippen LogP contribution in [0, 0.1) is 13.8 Å². The lowest BCUT2D eigenvalue weighted by molar-refractivity contribution is 0.206. The monoisotopic (exact) mass is 326 g/mol. The summed E-state index contributed by atoms with van der Waals surface area (Å²) in [5, 5.41) is 7.55. The molecule has 1 aliphatic heterocycles. The fourth-order valence-electron chi connectivity index (χ4n) is 3.26. The van der Waals surface area contributed by atoms with Gasteiger partial charge in [-0.3, -0.25) is 0 Å². The lowest BCUT2D eigenvalue weighted by atomic mass is 10.1. The molecule has 5 heteroatoms. The van der Waals surface area contributed by atoms with E-state index >= 15 is 0 Å². The number of nitrogens with one attached hydrogen (secondary N) is 1. The van der Waals surface area contributed by atoms with Crippen molar-refractivity contribution in [2.24, 2.45) is 0 Å². The van der Waals surface area contributed by atoms with Crippen molar-refractivity contribution in [3.8, 4) is 5.69 Å². The van der Waals surface area contributed by atoms with Crippen LogP contribution in [0.2, 0.25) is 0 Å². The predicted molar refractivity (Wildman–Crippen MR) is 96.7 cm³/mol. The number of benzene rings is 1. The minimum absolute atomic E-state index is 0.00224. The Hall–Kier alpha value is -2.30. The molecule has 0 radical (unpaired) electrons. The SMILES string of the molecule is Cc1cc(C)n(-c2cccc(NC(=O)N3CCCCCCC3)c2)n1. The first-order chi connectivity index (χ1) is 11.6. The first-order valence-corrected chi connectivity index (χ1v) is 8.83. The highest BCUT2D eigenvalue weighted by Crippen LogP contribution is 2.18. The molecule has 0 saturated carbocycles. The smallest absolute Gasteiger partial charge is 0.321 e. The van der Waals surface area contributed by atoms with Crippen LogP contribution in [-0.2, 0) is 0 Å². The van der Waals surface area contributed by atoms with Gasteiger partial charge in [0.25, 0.3) is 0 Å². The molecule has 1 aliphatic rings. The molecule has 0 aliphatic carbocycles. The molecular formula is C19H26N4O. The first kappa shape index (κ1) is 16.6. The lowest BCUT2D eigenvalue weighted by Crippen LogP contribution is -2.37. The van der Waals surface area contributed by atoms with Crippen LogP contribution in [-0.4, -0.2) is 33.8 Å². The number of anilines is 1.